The van der Waals surface area contributed by atoms with E-state index in [2.05, 4.69) is 15.3 Å². The van der Waals surface area contributed by atoms with Crippen molar-refractivity contribution in [3.05, 3.63) is 11.9 Å². The minimum absolute atomic E-state index is 0.0742. The second kappa shape index (κ2) is 5.24. The molecule has 20 heavy (non-hydrogen) atoms. The number of carbonyl (C=O) groups excluding carboxylic acids is 1. The zero-order chi connectivity index (χ0) is 14.1. The highest BCUT2D eigenvalue weighted by Gasteiger charge is 2.32. The van der Waals surface area contributed by atoms with E-state index in [9.17, 15) is 4.79 Å². The largest absolute Gasteiger partial charge is 0.384 e. The van der Waals surface area contributed by atoms with Gasteiger partial charge in [0.15, 0.2) is 0 Å². The highest BCUT2D eigenvalue weighted by atomic mass is 16.5. The standard InChI is InChI=1S/C13H19N5O2/c1-15-13(19)9-7-20-5-4-18(9)11-6-10(14)16-12(17-11)8-2-3-8/h6,8-9H,2-5,7H2,1H3,(H,15,19)(H2,14,16,17). The van der Waals surface area contributed by atoms with E-state index < -0.39 is 0 Å². The molecular weight excluding hydrogens is 258 g/mol. The monoisotopic (exact) mass is 277 g/mol. The van der Waals surface area contributed by atoms with Crippen molar-refractivity contribution >= 4 is 17.5 Å². The third-order valence-corrected chi connectivity index (χ3v) is 3.66. The number of anilines is 2. The van der Waals surface area contributed by atoms with Gasteiger partial charge in [-0.15, -0.1) is 0 Å². The van der Waals surface area contributed by atoms with Gasteiger partial charge in [-0.2, -0.15) is 0 Å². The number of rotatable bonds is 3. The quantitative estimate of drug-likeness (QED) is 0.800. The molecule has 1 amide bonds. The summed E-state index contributed by atoms with van der Waals surface area (Å²) >= 11 is 0. The minimum Gasteiger partial charge on any atom is -0.384 e. The molecule has 3 N–H and O–H groups in total. The van der Waals surface area contributed by atoms with Crippen LogP contribution in [0.25, 0.3) is 0 Å². The fourth-order valence-corrected chi connectivity index (χ4v) is 2.40. The first-order valence-electron chi connectivity index (χ1n) is 6.89. The number of nitrogens with zero attached hydrogens (tertiary/aromatic N) is 3. The molecule has 2 fully saturated rings. The zero-order valence-electron chi connectivity index (χ0n) is 11.5. The Morgan fingerprint density at radius 2 is 2.30 bits per heavy atom. The Balaban J connectivity index is 1.90. The van der Waals surface area contributed by atoms with Crippen LogP contribution in [0.4, 0.5) is 11.6 Å². The van der Waals surface area contributed by atoms with Crippen molar-refractivity contribution in [3.8, 4) is 0 Å². The van der Waals surface area contributed by atoms with Crippen LogP contribution in [0.15, 0.2) is 6.07 Å². The summed E-state index contributed by atoms with van der Waals surface area (Å²) < 4.78 is 5.40. The summed E-state index contributed by atoms with van der Waals surface area (Å²) in [7, 11) is 1.62. The average Bonchev–Trinajstić information content (AvgIpc) is 3.30. The molecule has 0 radical (unpaired) electrons. The van der Waals surface area contributed by atoms with E-state index in [1.165, 1.54) is 0 Å². The molecule has 2 aliphatic rings. The van der Waals surface area contributed by atoms with Crippen molar-refractivity contribution in [3.63, 3.8) is 0 Å². The number of likely N-dealkylation sites (N-methyl/N-ethyl adjacent to an activating group) is 1. The van der Waals surface area contributed by atoms with E-state index >= 15 is 0 Å². The van der Waals surface area contributed by atoms with Crippen molar-refractivity contribution in [2.24, 2.45) is 0 Å². The van der Waals surface area contributed by atoms with Crippen LogP contribution in [0.1, 0.15) is 24.6 Å². The first-order chi connectivity index (χ1) is 9.69. The molecule has 1 aliphatic heterocycles. The summed E-state index contributed by atoms with van der Waals surface area (Å²) in [5.41, 5.74) is 5.88. The molecule has 1 unspecified atom stereocenters. The van der Waals surface area contributed by atoms with Crippen LogP contribution in [0.2, 0.25) is 0 Å². The van der Waals surface area contributed by atoms with Crippen LogP contribution < -0.4 is 16.0 Å². The molecule has 7 nitrogen and oxygen atoms in total. The van der Waals surface area contributed by atoms with E-state index in [0.29, 0.717) is 31.5 Å². The summed E-state index contributed by atoms with van der Waals surface area (Å²) in [4.78, 5) is 22.8. The van der Waals surface area contributed by atoms with E-state index in [0.717, 1.165) is 24.5 Å². The van der Waals surface area contributed by atoms with Crippen LogP contribution in [-0.4, -0.2) is 48.7 Å². The maximum absolute atomic E-state index is 12.0. The fourth-order valence-electron chi connectivity index (χ4n) is 2.40. The molecule has 108 valence electrons. The summed E-state index contributed by atoms with van der Waals surface area (Å²) in [6.07, 6.45) is 2.23. The molecule has 0 aromatic carbocycles. The van der Waals surface area contributed by atoms with Gasteiger partial charge in [0.1, 0.15) is 23.5 Å². The van der Waals surface area contributed by atoms with Crippen LogP contribution in [0.5, 0.6) is 0 Å². The highest BCUT2D eigenvalue weighted by molar-refractivity contribution is 5.85. The molecule has 1 saturated carbocycles. The van der Waals surface area contributed by atoms with Crippen LogP contribution in [-0.2, 0) is 9.53 Å². The molecule has 0 bridgehead atoms. The van der Waals surface area contributed by atoms with E-state index in [1.54, 1.807) is 13.1 Å². The lowest BCUT2D eigenvalue weighted by Gasteiger charge is -2.35. The average molecular weight is 277 g/mol. The molecule has 1 aliphatic carbocycles. The van der Waals surface area contributed by atoms with Crippen LogP contribution in [0, 0.1) is 0 Å². The zero-order valence-corrected chi connectivity index (χ0v) is 11.5. The summed E-state index contributed by atoms with van der Waals surface area (Å²) in [6, 6.07) is 1.36. The second-order valence-corrected chi connectivity index (χ2v) is 5.18. The summed E-state index contributed by atoms with van der Waals surface area (Å²) in [6.45, 7) is 1.57. The van der Waals surface area contributed by atoms with Crippen molar-refractivity contribution < 1.29 is 9.53 Å². The Morgan fingerprint density at radius 1 is 1.50 bits per heavy atom. The molecule has 2 heterocycles. The number of nitrogens with two attached hydrogens (primary N) is 1. The van der Waals surface area contributed by atoms with Crippen molar-refractivity contribution in [1.29, 1.82) is 0 Å². The molecule has 1 aromatic rings. The Labute approximate surface area is 117 Å². The second-order valence-electron chi connectivity index (χ2n) is 5.18. The first-order valence-corrected chi connectivity index (χ1v) is 6.89. The van der Waals surface area contributed by atoms with E-state index in [-0.39, 0.29) is 11.9 Å². The predicted octanol–water partition coefficient (Wildman–Crippen LogP) is -0.113. The van der Waals surface area contributed by atoms with Gasteiger partial charge in [0.05, 0.1) is 13.2 Å². The van der Waals surface area contributed by atoms with Gasteiger partial charge in [-0.3, -0.25) is 4.79 Å². The first kappa shape index (κ1) is 13.1. The van der Waals surface area contributed by atoms with Gasteiger partial charge in [0, 0.05) is 25.6 Å². The Kier molecular flexibility index (Phi) is 3.43. The smallest absolute Gasteiger partial charge is 0.244 e. The molecule has 1 aromatic heterocycles. The predicted molar refractivity (Wildman–Crippen MR) is 74.4 cm³/mol. The number of morpholine rings is 1. The molecule has 0 spiro atoms. The van der Waals surface area contributed by atoms with Gasteiger partial charge < -0.3 is 20.7 Å². The maximum Gasteiger partial charge on any atom is 0.244 e. The molecule has 3 rings (SSSR count). The number of hydrogen-bond donors (Lipinski definition) is 2. The van der Waals surface area contributed by atoms with Crippen molar-refractivity contribution in [2.75, 3.05) is 37.4 Å². The van der Waals surface area contributed by atoms with Crippen LogP contribution >= 0.6 is 0 Å². The topological polar surface area (TPSA) is 93.4 Å². The van der Waals surface area contributed by atoms with Crippen molar-refractivity contribution in [1.82, 2.24) is 15.3 Å². The Bertz CT molecular complexity index is 517. The van der Waals surface area contributed by atoms with Crippen molar-refractivity contribution in [2.45, 2.75) is 24.8 Å². The number of nitrogens with one attached hydrogen (secondary N) is 1. The summed E-state index contributed by atoms with van der Waals surface area (Å²) in [5, 5.41) is 2.66. The normalized spacial score (nSPS) is 22.6. The lowest BCUT2D eigenvalue weighted by molar-refractivity contribution is -0.124. The van der Waals surface area contributed by atoms with Gasteiger partial charge in [-0.05, 0) is 12.8 Å². The van der Waals surface area contributed by atoms with Crippen LogP contribution in [0.3, 0.4) is 0 Å². The molecular formula is C13H19N5O2. The molecule has 1 atom stereocenters. The number of amides is 1. The molecule has 7 heteroatoms. The third-order valence-electron chi connectivity index (χ3n) is 3.66. The Morgan fingerprint density at radius 3 is 3.00 bits per heavy atom. The lowest BCUT2D eigenvalue weighted by Crippen LogP contribution is -2.53. The highest BCUT2D eigenvalue weighted by Crippen LogP contribution is 2.39. The number of carbonyl (C=O) groups is 1. The number of ether oxygens (including phenoxy) is 1. The van der Waals surface area contributed by atoms with E-state index in [1.807, 2.05) is 4.90 Å². The number of hydrogen-bond acceptors (Lipinski definition) is 6. The van der Waals surface area contributed by atoms with Gasteiger partial charge in [-0.1, -0.05) is 0 Å². The van der Waals surface area contributed by atoms with Gasteiger partial charge >= 0.3 is 0 Å². The maximum atomic E-state index is 12.0. The molecule has 1 saturated heterocycles. The van der Waals surface area contributed by atoms with Gasteiger partial charge in [0.25, 0.3) is 0 Å². The summed E-state index contributed by atoms with van der Waals surface area (Å²) in [5.74, 6) is 2.32. The van der Waals surface area contributed by atoms with Gasteiger partial charge in [-0.25, -0.2) is 9.97 Å². The van der Waals surface area contributed by atoms with E-state index in [4.69, 9.17) is 10.5 Å². The number of nitrogen functional groups attached to an aromatic ring is 1. The third kappa shape index (κ3) is 2.53. The Hall–Kier alpha value is -1.89. The number of aromatic nitrogens is 2. The lowest BCUT2D eigenvalue weighted by atomic mass is 10.2. The SMILES string of the molecule is CNC(=O)C1COCCN1c1cc(N)nc(C2CC2)n1. The minimum atomic E-state index is -0.366. The fraction of sp³-hybridized carbons (Fsp3) is 0.615. The van der Waals surface area contributed by atoms with Gasteiger partial charge in [0.2, 0.25) is 5.91 Å².